The van der Waals surface area contributed by atoms with Crippen LogP contribution in [0.25, 0.3) is 0 Å². The molecule has 1 N–H and O–H groups in total. The fourth-order valence-electron chi connectivity index (χ4n) is 1.60. The summed E-state index contributed by atoms with van der Waals surface area (Å²) in [4.78, 5) is 10.7. The van der Waals surface area contributed by atoms with Gasteiger partial charge in [-0.3, -0.25) is 4.79 Å². The number of carbonyl (C=O) groups excluding carboxylic acids is 1. The van der Waals surface area contributed by atoms with E-state index in [1.165, 1.54) is 0 Å². The van der Waals surface area contributed by atoms with E-state index in [4.69, 9.17) is 0 Å². The number of halogens is 1. The minimum absolute atomic E-state index is 0. The Balaban J connectivity index is 0.00000144. The molecule has 0 spiro atoms. The van der Waals surface area contributed by atoms with Crippen LogP contribution in [0.15, 0.2) is 36.9 Å². The van der Waals surface area contributed by atoms with Crippen molar-refractivity contribution in [2.24, 2.45) is 7.05 Å². The third-order valence-electron chi connectivity index (χ3n) is 2.41. The molecule has 0 aliphatic heterocycles. The van der Waals surface area contributed by atoms with Crippen molar-refractivity contribution in [3.63, 3.8) is 0 Å². The lowest BCUT2D eigenvalue weighted by atomic mass is 10.1. The number of aldehydes is 1. The number of carbonyl (C=O) groups is 1. The zero-order valence-electron chi connectivity index (χ0n) is 9.38. The maximum atomic E-state index is 10.7. The fourth-order valence-corrected chi connectivity index (χ4v) is 1.60. The van der Waals surface area contributed by atoms with Gasteiger partial charge in [0.15, 0.2) is 6.29 Å². The molecule has 0 saturated carbocycles. The van der Waals surface area contributed by atoms with Gasteiger partial charge in [-0.1, -0.05) is 6.07 Å². The summed E-state index contributed by atoms with van der Waals surface area (Å²) in [5.74, 6) is 0.0248. The van der Waals surface area contributed by atoms with Gasteiger partial charge >= 0.3 is 0 Å². The van der Waals surface area contributed by atoms with Crippen LogP contribution < -0.4 is 17.0 Å². The number of phenols is 1. The van der Waals surface area contributed by atoms with E-state index in [2.05, 4.69) is 0 Å². The van der Waals surface area contributed by atoms with Gasteiger partial charge in [0.25, 0.3) is 0 Å². The number of aryl methyl sites for hydroxylation is 1. The van der Waals surface area contributed by atoms with E-state index in [-0.39, 0.29) is 18.2 Å². The summed E-state index contributed by atoms with van der Waals surface area (Å²) in [6.45, 7) is 0.682. The minimum Gasteiger partial charge on any atom is -1.00 e. The molecule has 0 atom stereocenters. The first kappa shape index (κ1) is 13.3. The Bertz CT molecular complexity index is 523. The highest BCUT2D eigenvalue weighted by atomic mass is 35.5. The molecule has 0 fully saturated rings. The monoisotopic (exact) mass is 252 g/mol. The number of aromatic nitrogens is 2. The van der Waals surface area contributed by atoms with Crippen molar-refractivity contribution in [1.82, 2.24) is 4.57 Å². The number of hydrogen-bond acceptors (Lipinski definition) is 2. The van der Waals surface area contributed by atoms with Gasteiger partial charge < -0.3 is 17.5 Å². The van der Waals surface area contributed by atoms with Crippen molar-refractivity contribution < 1.29 is 26.9 Å². The Hall–Kier alpha value is -1.81. The van der Waals surface area contributed by atoms with E-state index in [0.29, 0.717) is 18.4 Å². The molecule has 0 saturated heterocycles. The van der Waals surface area contributed by atoms with Crippen molar-refractivity contribution >= 4 is 6.29 Å². The maximum Gasteiger partial charge on any atom is 0.243 e. The third kappa shape index (κ3) is 3.07. The molecule has 17 heavy (non-hydrogen) atoms. The first-order valence-corrected chi connectivity index (χ1v) is 4.97. The van der Waals surface area contributed by atoms with Gasteiger partial charge in [0, 0.05) is 0 Å². The average Bonchev–Trinajstić information content (AvgIpc) is 2.67. The van der Waals surface area contributed by atoms with Crippen LogP contribution in [0.3, 0.4) is 0 Å². The predicted molar refractivity (Wildman–Crippen MR) is 58.2 cm³/mol. The standard InChI is InChI=1S/C12H12N2O2.ClH/c1-13-4-5-14(9-13)7-10-2-3-12(16)11(6-10)8-15;/h2-6,8-9H,7H2,1H3;1H. The number of rotatable bonds is 3. The van der Waals surface area contributed by atoms with E-state index in [0.717, 1.165) is 5.56 Å². The van der Waals surface area contributed by atoms with Crippen molar-refractivity contribution in [2.75, 3.05) is 0 Å². The largest absolute Gasteiger partial charge is 1.00 e. The van der Waals surface area contributed by atoms with Crippen LogP contribution in [0, 0.1) is 0 Å². The molecule has 0 aliphatic carbocycles. The van der Waals surface area contributed by atoms with Crippen LogP contribution in [-0.2, 0) is 13.6 Å². The molecule has 0 amide bonds. The molecule has 90 valence electrons. The second-order valence-electron chi connectivity index (χ2n) is 3.76. The molecule has 5 heteroatoms. The van der Waals surface area contributed by atoms with Gasteiger partial charge in [-0.25, -0.2) is 9.13 Å². The van der Waals surface area contributed by atoms with Gasteiger partial charge in [-0.2, -0.15) is 0 Å². The molecule has 0 unspecified atom stereocenters. The molecular weight excluding hydrogens is 240 g/mol. The van der Waals surface area contributed by atoms with Crippen LogP contribution in [0.4, 0.5) is 0 Å². The number of imidazole rings is 1. The van der Waals surface area contributed by atoms with Crippen molar-refractivity contribution in [3.05, 3.63) is 48.0 Å². The average molecular weight is 253 g/mol. The smallest absolute Gasteiger partial charge is 0.243 e. The highest BCUT2D eigenvalue weighted by Crippen LogP contribution is 2.16. The lowest BCUT2D eigenvalue weighted by Crippen LogP contribution is -3.00. The first-order valence-electron chi connectivity index (χ1n) is 4.97. The topological polar surface area (TPSA) is 46.1 Å². The Morgan fingerprint density at radius 3 is 2.82 bits per heavy atom. The fraction of sp³-hybridized carbons (Fsp3) is 0.167. The Kier molecular flexibility index (Phi) is 4.29. The highest BCUT2D eigenvalue weighted by molar-refractivity contribution is 5.79. The number of phenolic OH excluding ortho intramolecular Hbond substituents is 1. The second-order valence-corrected chi connectivity index (χ2v) is 3.76. The summed E-state index contributed by atoms with van der Waals surface area (Å²) in [5.41, 5.74) is 1.31. The Morgan fingerprint density at radius 2 is 2.24 bits per heavy atom. The predicted octanol–water partition coefficient (Wildman–Crippen LogP) is -2.12. The molecule has 1 aromatic heterocycles. The van der Waals surface area contributed by atoms with Crippen molar-refractivity contribution in [1.29, 1.82) is 0 Å². The molecule has 0 aliphatic rings. The summed E-state index contributed by atoms with van der Waals surface area (Å²) in [7, 11) is 1.95. The molecule has 0 radical (unpaired) electrons. The maximum absolute atomic E-state index is 10.7. The van der Waals surface area contributed by atoms with E-state index in [1.54, 1.807) is 12.1 Å². The van der Waals surface area contributed by atoms with E-state index in [9.17, 15) is 9.90 Å². The van der Waals surface area contributed by atoms with Gasteiger partial charge in [-0.15, -0.1) is 0 Å². The zero-order chi connectivity index (χ0) is 11.5. The van der Waals surface area contributed by atoms with Gasteiger partial charge in [0.1, 0.15) is 24.7 Å². The zero-order valence-corrected chi connectivity index (χ0v) is 10.1. The molecule has 1 heterocycles. The third-order valence-corrected chi connectivity index (χ3v) is 2.41. The second kappa shape index (κ2) is 5.50. The van der Waals surface area contributed by atoms with Crippen LogP contribution in [0.5, 0.6) is 5.75 Å². The number of nitrogens with zero attached hydrogens (tertiary/aromatic N) is 2. The normalized spacial score (nSPS) is 9.71. The van der Waals surface area contributed by atoms with Crippen LogP contribution in [-0.4, -0.2) is 16.0 Å². The van der Waals surface area contributed by atoms with E-state index >= 15 is 0 Å². The SMILES string of the molecule is C[n+]1ccn(Cc2ccc(O)c(C=O)c2)c1.[Cl-]. The van der Waals surface area contributed by atoms with Gasteiger partial charge in [0.05, 0.1) is 12.6 Å². The highest BCUT2D eigenvalue weighted by Gasteiger charge is 2.05. The Morgan fingerprint density at radius 1 is 1.47 bits per heavy atom. The summed E-state index contributed by atoms with van der Waals surface area (Å²) in [6.07, 6.45) is 6.51. The number of aromatic hydroxyl groups is 1. The number of hydrogen-bond donors (Lipinski definition) is 1. The number of benzene rings is 1. The molecule has 2 aromatic rings. The van der Waals surface area contributed by atoms with Crippen LogP contribution >= 0.6 is 0 Å². The summed E-state index contributed by atoms with van der Waals surface area (Å²) < 4.78 is 3.95. The quantitative estimate of drug-likeness (QED) is 0.502. The summed E-state index contributed by atoms with van der Waals surface area (Å²) in [6, 6.07) is 5.05. The molecule has 0 bridgehead atoms. The molecule has 2 rings (SSSR count). The van der Waals surface area contributed by atoms with Crippen molar-refractivity contribution in [3.8, 4) is 5.75 Å². The molecular formula is C12H13ClN2O2. The van der Waals surface area contributed by atoms with Gasteiger partial charge in [0.2, 0.25) is 6.33 Å². The van der Waals surface area contributed by atoms with Crippen LogP contribution in [0.2, 0.25) is 0 Å². The molecule has 4 nitrogen and oxygen atoms in total. The summed E-state index contributed by atoms with van der Waals surface area (Å²) >= 11 is 0. The van der Waals surface area contributed by atoms with E-state index in [1.807, 2.05) is 41.0 Å². The van der Waals surface area contributed by atoms with E-state index < -0.39 is 0 Å². The van der Waals surface area contributed by atoms with Crippen molar-refractivity contribution in [2.45, 2.75) is 6.54 Å². The lowest BCUT2D eigenvalue weighted by molar-refractivity contribution is -0.671. The lowest BCUT2D eigenvalue weighted by Gasteiger charge is -2.01. The summed E-state index contributed by atoms with van der Waals surface area (Å²) in [5, 5.41) is 9.36. The first-order chi connectivity index (χ1) is 7.69. The Labute approximate surface area is 106 Å². The van der Waals surface area contributed by atoms with Crippen LogP contribution in [0.1, 0.15) is 15.9 Å². The molecule has 1 aromatic carbocycles. The minimum atomic E-state index is 0. The van der Waals surface area contributed by atoms with Gasteiger partial charge in [-0.05, 0) is 17.7 Å².